The Kier molecular flexibility index (Phi) is 4.86. The van der Waals surface area contributed by atoms with Crippen molar-refractivity contribution in [3.05, 3.63) is 42.7 Å². The summed E-state index contributed by atoms with van der Waals surface area (Å²) in [6, 6.07) is 9.44. The lowest BCUT2D eigenvalue weighted by atomic mass is 9.89. The molecule has 5 rings (SSSR count). The number of carbonyl (C=O) groups excluding carboxylic acids is 2. The molecular formula is C22H26N6O2. The monoisotopic (exact) mass is 406 g/mol. The third-order valence-corrected chi connectivity index (χ3v) is 6.49. The highest BCUT2D eigenvalue weighted by Gasteiger charge is 2.52. The van der Waals surface area contributed by atoms with Crippen molar-refractivity contribution < 1.29 is 9.59 Å². The van der Waals surface area contributed by atoms with E-state index >= 15 is 0 Å². The van der Waals surface area contributed by atoms with Gasteiger partial charge in [0.25, 0.3) is 5.91 Å². The minimum absolute atomic E-state index is 0.00334. The fourth-order valence-corrected chi connectivity index (χ4v) is 4.95. The number of piperazine rings is 1. The number of nitrogens with zero attached hydrogens (tertiary/aromatic N) is 5. The summed E-state index contributed by atoms with van der Waals surface area (Å²) in [6.07, 6.45) is 6.87. The van der Waals surface area contributed by atoms with Gasteiger partial charge in [0, 0.05) is 38.6 Å². The number of benzene rings is 1. The van der Waals surface area contributed by atoms with Crippen LogP contribution < -0.4 is 15.1 Å². The molecule has 2 aromatic rings. The molecule has 2 amide bonds. The van der Waals surface area contributed by atoms with Crippen LogP contribution in [-0.2, 0) is 9.59 Å². The molecular weight excluding hydrogens is 380 g/mol. The van der Waals surface area contributed by atoms with E-state index in [2.05, 4.69) is 25.1 Å². The summed E-state index contributed by atoms with van der Waals surface area (Å²) < 4.78 is 0. The van der Waals surface area contributed by atoms with Crippen molar-refractivity contribution in [3.63, 3.8) is 0 Å². The van der Waals surface area contributed by atoms with Crippen LogP contribution >= 0.6 is 0 Å². The van der Waals surface area contributed by atoms with Crippen LogP contribution in [0.5, 0.6) is 0 Å². The van der Waals surface area contributed by atoms with Crippen LogP contribution in [0, 0.1) is 0 Å². The maximum atomic E-state index is 13.6. The van der Waals surface area contributed by atoms with Crippen LogP contribution in [0.1, 0.15) is 25.7 Å². The fraction of sp³-hybridized carbons (Fsp3) is 0.455. The lowest BCUT2D eigenvalue weighted by Crippen LogP contribution is -2.62. The Morgan fingerprint density at radius 3 is 2.43 bits per heavy atom. The van der Waals surface area contributed by atoms with Crippen molar-refractivity contribution in [2.45, 2.75) is 31.2 Å². The van der Waals surface area contributed by atoms with Crippen molar-refractivity contribution >= 4 is 29.1 Å². The number of hydrogen-bond acceptors (Lipinski definition) is 6. The Bertz CT molecular complexity index is 936. The molecule has 1 saturated carbocycles. The minimum Gasteiger partial charge on any atom is -0.338 e. The maximum Gasteiger partial charge on any atom is 0.250 e. The molecule has 2 fully saturated rings. The first-order valence-electron chi connectivity index (χ1n) is 10.7. The van der Waals surface area contributed by atoms with E-state index in [-0.39, 0.29) is 11.8 Å². The van der Waals surface area contributed by atoms with Crippen LogP contribution in [0.4, 0.5) is 17.3 Å². The second-order valence-corrected chi connectivity index (χ2v) is 8.25. The molecule has 3 heterocycles. The fourth-order valence-electron chi connectivity index (χ4n) is 4.95. The van der Waals surface area contributed by atoms with Crippen LogP contribution in [0.3, 0.4) is 0 Å². The summed E-state index contributed by atoms with van der Waals surface area (Å²) in [7, 11) is 0. The van der Waals surface area contributed by atoms with Gasteiger partial charge < -0.3 is 10.2 Å². The standard InChI is InChI=1S/C22H26N6O2/c29-19(16-26-12-14-27(15-13-26)21-23-10-5-11-24-21)28-18-7-2-1-6-17(18)25-20(30)22(28)8-3-4-9-22/h1-2,5-7,10-11H,3-4,8-9,12-16H2,(H,25,30). The van der Waals surface area contributed by atoms with Crippen LogP contribution in [0.25, 0.3) is 0 Å². The van der Waals surface area contributed by atoms with Crippen molar-refractivity contribution in [2.24, 2.45) is 0 Å². The quantitative estimate of drug-likeness (QED) is 0.839. The van der Waals surface area contributed by atoms with Crippen molar-refractivity contribution in [1.82, 2.24) is 14.9 Å². The molecule has 1 aromatic heterocycles. The highest BCUT2D eigenvalue weighted by atomic mass is 16.2. The van der Waals surface area contributed by atoms with Gasteiger partial charge >= 0.3 is 0 Å². The molecule has 1 spiro atoms. The molecule has 1 aromatic carbocycles. The second-order valence-electron chi connectivity index (χ2n) is 8.25. The smallest absolute Gasteiger partial charge is 0.250 e. The van der Waals surface area contributed by atoms with Gasteiger partial charge in [0.15, 0.2) is 0 Å². The van der Waals surface area contributed by atoms with Crippen LogP contribution in [0.15, 0.2) is 42.7 Å². The molecule has 1 saturated heterocycles. The van der Waals surface area contributed by atoms with Gasteiger partial charge in [-0.05, 0) is 31.0 Å². The number of aromatic nitrogens is 2. The summed E-state index contributed by atoms with van der Waals surface area (Å²) in [5.74, 6) is 0.691. The highest BCUT2D eigenvalue weighted by molar-refractivity contribution is 6.15. The molecule has 0 bridgehead atoms. The summed E-state index contributed by atoms with van der Waals surface area (Å²) in [5, 5.41) is 3.04. The van der Waals surface area contributed by atoms with Gasteiger partial charge in [-0.15, -0.1) is 0 Å². The SMILES string of the molecule is O=C(CN1CCN(c2ncccn2)CC1)N1c2ccccc2NC(=O)C12CCCC2. The van der Waals surface area contributed by atoms with E-state index in [1.807, 2.05) is 30.3 Å². The van der Waals surface area contributed by atoms with E-state index in [9.17, 15) is 9.59 Å². The maximum absolute atomic E-state index is 13.6. The Morgan fingerprint density at radius 2 is 1.70 bits per heavy atom. The van der Waals surface area contributed by atoms with Gasteiger partial charge in [-0.1, -0.05) is 25.0 Å². The first-order valence-corrected chi connectivity index (χ1v) is 10.7. The number of carbonyl (C=O) groups is 2. The number of anilines is 3. The predicted molar refractivity (Wildman–Crippen MR) is 114 cm³/mol. The molecule has 0 unspecified atom stereocenters. The molecule has 2 aliphatic heterocycles. The molecule has 8 nitrogen and oxygen atoms in total. The largest absolute Gasteiger partial charge is 0.338 e. The summed E-state index contributed by atoms with van der Waals surface area (Å²) in [4.78, 5) is 41.4. The molecule has 0 atom stereocenters. The van der Waals surface area contributed by atoms with Gasteiger partial charge in [-0.3, -0.25) is 19.4 Å². The first kappa shape index (κ1) is 19.0. The Balaban J connectivity index is 1.33. The summed E-state index contributed by atoms with van der Waals surface area (Å²) >= 11 is 0. The van der Waals surface area contributed by atoms with E-state index in [1.165, 1.54) is 0 Å². The summed E-state index contributed by atoms with van der Waals surface area (Å²) in [5.41, 5.74) is 0.797. The zero-order chi connectivity index (χ0) is 20.6. The number of rotatable bonds is 3. The third kappa shape index (κ3) is 3.21. The molecule has 1 aliphatic carbocycles. The van der Waals surface area contributed by atoms with Gasteiger partial charge in [0.05, 0.1) is 17.9 Å². The number of para-hydroxylation sites is 2. The highest BCUT2D eigenvalue weighted by Crippen LogP contribution is 2.45. The molecule has 1 N–H and O–H groups in total. The first-order chi connectivity index (χ1) is 14.7. The Labute approximate surface area is 175 Å². The number of amides is 2. The average Bonchev–Trinajstić information content (AvgIpc) is 3.26. The second kappa shape index (κ2) is 7.68. The molecule has 0 radical (unpaired) electrons. The number of fused-ring (bicyclic) bond motifs is 1. The topological polar surface area (TPSA) is 81.7 Å². The van der Waals surface area contributed by atoms with Crippen molar-refractivity contribution in [2.75, 3.05) is 47.8 Å². The van der Waals surface area contributed by atoms with E-state index in [0.29, 0.717) is 6.54 Å². The number of hydrogen-bond donors (Lipinski definition) is 1. The predicted octanol–water partition coefficient (Wildman–Crippen LogP) is 1.90. The molecule has 8 heteroatoms. The zero-order valence-corrected chi connectivity index (χ0v) is 17.0. The molecule has 3 aliphatic rings. The summed E-state index contributed by atoms with van der Waals surface area (Å²) in [6.45, 7) is 3.39. The van der Waals surface area contributed by atoms with Crippen molar-refractivity contribution in [3.8, 4) is 0 Å². The Morgan fingerprint density at radius 1 is 1.00 bits per heavy atom. The average molecular weight is 406 g/mol. The third-order valence-electron chi connectivity index (χ3n) is 6.49. The van der Waals surface area contributed by atoms with Crippen LogP contribution in [0.2, 0.25) is 0 Å². The van der Waals surface area contributed by atoms with Gasteiger partial charge in [0.1, 0.15) is 5.54 Å². The van der Waals surface area contributed by atoms with E-state index < -0.39 is 5.54 Å². The van der Waals surface area contributed by atoms with Crippen LogP contribution in [-0.4, -0.2) is 64.9 Å². The van der Waals surface area contributed by atoms with E-state index in [1.54, 1.807) is 17.3 Å². The normalized spacial score (nSPS) is 20.9. The van der Waals surface area contributed by atoms with Gasteiger partial charge in [-0.2, -0.15) is 0 Å². The lowest BCUT2D eigenvalue weighted by Gasteiger charge is -2.45. The lowest BCUT2D eigenvalue weighted by molar-refractivity contribution is -0.128. The van der Waals surface area contributed by atoms with E-state index in [4.69, 9.17) is 0 Å². The Hall–Kier alpha value is -3.00. The number of nitrogens with one attached hydrogen (secondary N) is 1. The van der Waals surface area contributed by atoms with Crippen molar-refractivity contribution in [1.29, 1.82) is 0 Å². The van der Waals surface area contributed by atoms with E-state index in [0.717, 1.165) is 69.2 Å². The molecule has 30 heavy (non-hydrogen) atoms. The molecule has 156 valence electrons. The zero-order valence-electron chi connectivity index (χ0n) is 17.0. The van der Waals surface area contributed by atoms with Gasteiger partial charge in [-0.25, -0.2) is 9.97 Å². The van der Waals surface area contributed by atoms with Gasteiger partial charge in [0.2, 0.25) is 11.9 Å². The minimum atomic E-state index is -0.745.